The summed E-state index contributed by atoms with van der Waals surface area (Å²) in [5.41, 5.74) is -1.31. The summed E-state index contributed by atoms with van der Waals surface area (Å²) in [5, 5.41) is 9.53. The Morgan fingerprint density at radius 1 is 1.15 bits per heavy atom. The molecular formula is C16H29NO3. The number of rotatable bonds is 6. The molecule has 0 aromatic carbocycles. The number of carbonyl (C=O) groups excluding carboxylic acids is 1. The highest BCUT2D eigenvalue weighted by Gasteiger charge is 2.58. The van der Waals surface area contributed by atoms with Crippen LogP contribution in [0.4, 0.5) is 0 Å². The van der Waals surface area contributed by atoms with E-state index >= 15 is 0 Å². The van der Waals surface area contributed by atoms with Crippen molar-refractivity contribution in [3.8, 4) is 0 Å². The molecule has 116 valence electrons. The van der Waals surface area contributed by atoms with Crippen LogP contribution in [-0.4, -0.2) is 35.0 Å². The third-order valence-corrected chi connectivity index (χ3v) is 5.30. The number of amides is 1. The van der Waals surface area contributed by atoms with Crippen molar-refractivity contribution in [3.63, 3.8) is 0 Å². The van der Waals surface area contributed by atoms with Crippen LogP contribution in [0.5, 0.6) is 0 Å². The van der Waals surface area contributed by atoms with E-state index in [1.807, 2.05) is 18.7 Å². The fourth-order valence-electron chi connectivity index (χ4n) is 3.41. The van der Waals surface area contributed by atoms with Gasteiger partial charge in [-0.2, -0.15) is 0 Å². The number of hydrogen-bond donors (Lipinski definition) is 1. The molecule has 0 heterocycles. The maximum atomic E-state index is 12.8. The Morgan fingerprint density at radius 2 is 1.65 bits per heavy atom. The number of nitrogens with zero attached hydrogens (tertiary/aromatic N) is 1. The van der Waals surface area contributed by atoms with Crippen LogP contribution in [0.2, 0.25) is 0 Å². The molecule has 0 aromatic heterocycles. The van der Waals surface area contributed by atoms with E-state index in [4.69, 9.17) is 0 Å². The molecule has 1 saturated carbocycles. The van der Waals surface area contributed by atoms with Crippen LogP contribution in [0.15, 0.2) is 0 Å². The Morgan fingerprint density at radius 3 is 2.00 bits per heavy atom. The lowest BCUT2D eigenvalue weighted by atomic mass is 9.65. The number of aliphatic carboxylic acids is 1. The molecule has 0 aromatic rings. The third kappa shape index (κ3) is 2.70. The topological polar surface area (TPSA) is 57.6 Å². The van der Waals surface area contributed by atoms with Gasteiger partial charge in [0, 0.05) is 19.0 Å². The molecule has 0 spiro atoms. The molecule has 0 radical (unpaired) electrons. The van der Waals surface area contributed by atoms with Crippen LogP contribution in [0.3, 0.4) is 0 Å². The predicted molar refractivity (Wildman–Crippen MR) is 79.4 cm³/mol. The molecule has 1 aliphatic rings. The summed E-state index contributed by atoms with van der Waals surface area (Å²) in [7, 11) is 0. The van der Waals surface area contributed by atoms with Crippen molar-refractivity contribution >= 4 is 11.9 Å². The van der Waals surface area contributed by atoms with E-state index < -0.39 is 16.8 Å². The number of hydrogen-bond acceptors (Lipinski definition) is 2. The molecule has 2 atom stereocenters. The summed E-state index contributed by atoms with van der Waals surface area (Å²) in [6, 6.07) is 0. The summed E-state index contributed by atoms with van der Waals surface area (Å²) in [6.45, 7) is 11.3. The maximum Gasteiger partial charge on any atom is 0.309 e. The van der Waals surface area contributed by atoms with Gasteiger partial charge in [0.1, 0.15) is 0 Å². The zero-order valence-electron chi connectivity index (χ0n) is 13.5. The van der Waals surface area contributed by atoms with E-state index in [0.717, 1.165) is 25.9 Å². The highest BCUT2D eigenvalue weighted by atomic mass is 16.4. The standard InChI is InChI=1S/C16H29NO3/c1-6-10-17(11-7-2)13(18)12-8-9-16(5,14(19)20)15(12,3)4/h12H,6-11H2,1-5H3,(H,19,20)/t12-,16+/m0/s1. The Labute approximate surface area is 122 Å². The van der Waals surface area contributed by atoms with Crippen LogP contribution in [-0.2, 0) is 9.59 Å². The van der Waals surface area contributed by atoms with Gasteiger partial charge in [-0.25, -0.2) is 0 Å². The van der Waals surface area contributed by atoms with E-state index in [2.05, 4.69) is 13.8 Å². The molecule has 0 saturated heterocycles. The van der Waals surface area contributed by atoms with Crippen molar-refractivity contribution in [2.24, 2.45) is 16.7 Å². The van der Waals surface area contributed by atoms with Gasteiger partial charge in [-0.15, -0.1) is 0 Å². The number of carboxylic acids is 1. The molecular weight excluding hydrogens is 254 g/mol. The van der Waals surface area contributed by atoms with Gasteiger partial charge in [0.05, 0.1) is 5.41 Å². The molecule has 1 aliphatic carbocycles. The molecule has 0 unspecified atom stereocenters. The fourth-order valence-corrected chi connectivity index (χ4v) is 3.41. The fraction of sp³-hybridized carbons (Fsp3) is 0.875. The first-order valence-corrected chi connectivity index (χ1v) is 7.74. The Balaban J connectivity index is 2.97. The minimum Gasteiger partial charge on any atom is -0.481 e. The average Bonchev–Trinajstić information content (AvgIpc) is 2.61. The van der Waals surface area contributed by atoms with Crippen LogP contribution in [0, 0.1) is 16.7 Å². The van der Waals surface area contributed by atoms with Gasteiger partial charge in [0.15, 0.2) is 0 Å². The van der Waals surface area contributed by atoms with E-state index in [1.54, 1.807) is 6.92 Å². The first-order chi connectivity index (χ1) is 9.22. The molecule has 0 bridgehead atoms. The summed E-state index contributed by atoms with van der Waals surface area (Å²) < 4.78 is 0. The first kappa shape index (κ1) is 17.0. The van der Waals surface area contributed by atoms with Crippen molar-refractivity contribution < 1.29 is 14.7 Å². The monoisotopic (exact) mass is 283 g/mol. The minimum atomic E-state index is -0.808. The zero-order valence-corrected chi connectivity index (χ0v) is 13.5. The van der Waals surface area contributed by atoms with Crippen LogP contribution in [0.25, 0.3) is 0 Å². The maximum absolute atomic E-state index is 12.8. The van der Waals surface area contributed by atoms with Crippen molar-refractivity contribution in [2.75, 3.05) is 13.1 Å². The SMILES string of the molecule is CCCN(CCC)C(=O)[C@@H]1CC[C@](C)(C(=O)O)C1(C)C. The van der Waals surface area contributed by atoms with Crippen molar-refractivity contribution in [1.29, 1.82) is 0 Å². The van der Waals surface area contributed by atoms with Crippen molar-refractivity contribution in [1.82, 2.24) is 4.90 Å². The second kappa shape index (κ2) is 6.15. The summed E-state index contributed by atoms with van der Waals surface area (Å²) in [5.74, 6) is -0.819. The molecule has 1 N–H and O–H groups in total. The average molecular weight is 283 g/mol. The summed E-state index contributed by atoms with van der Waals surface area (Å²) >= 11 is 0. The summed E-state index contributed by atoms with van der Waals surface area (Å²) in [4.78, 5) is 26.3. The van der Waals surface area contributed by atoms with Gasteiger partial charge in [0.25, 0.3) is 0 Å². The van der Waals surface area contributed by atoms with Gasteiger partial charge in [-0.3, -0.25) is 9.59 Å². The van der Waals surface area contributed by atoms with E-state index in [-0.39, 0.29) is 11.8 Å². The molecule has 1 amide bonds. The van der Waals surface area contributed by atoms with Crippen LogP contribution < -0.4 is 0 Å². The van der Waals surface area contributed by atoms with Gasteiger partial charge >= 0.3 is 5.97 Å². The van der Waals surface area contributed by atoms with Gasteiger partial charge in [0.2, 0.25) is 5.91 Å². The second-order valence-corrected chi connectivity index (χ2v) is 6.78. The number of carboxylic acid groups (broad SMARTS) is 1. The van der Waals surface area contributed by atoms with Crippen LogP contribution in [0.1, 0.15) is 60.3 Å². The van der Waals surface area contributed by atoms with E-state index in [1.165, 1.54) is 0 Å². The largest absolute Gasteiger partial charge is 0.481 e. The molecule has 1 rings (SSSR count). The molecule has 0 aliphatic heterocycles. The first-order valence-electron chi connectivity index (χ1n) is 7.74. The Kier molecular flexibility index (Phi) is 5.22. The van der Waals surface area contributed by atoms with Crippen molar-refractivity contribution in [2.45, 2.75) is 60.3 Å². The van der Waals surface area contributed by atoms with Crippen LogP contribution >= 0.6 is 0 Å². The molecule has 4 nitrogen and oxygen atoms in total. The van der Waals surface area contributed by atoms with Gasteiger partial charge in [-0.05, 0) is 38.0 Å². The second-order valence-electron chi connectivity index (χ2n) is 6.78. The normalized spacial score (nSPS) is 28.4. The smallest absolute Gasteiger partial charge is 0.309 e. The third-order valence-electron chi connectivity index (χ3n) is 5.30. The number of carbonyl (C=O) groups is 2. The van der Waals surface area contributed by atoms with E-state index in [9.17, 15) is 14.7 Å². The Bertz CT molecular complexity index is 372. The quantitative estimate of drug-likeness (QED) is 0.814. The lowest BCUT2D eigenvalue weighted by molar-refractivity contribution is -0.156. The predicted octanol–water partition coefficient (Wildman–Crippen LogP) is 3.16. The lowest BCUT2D eigenvalue weighted by Crippen LogP contribution is -2.47. The summed E-state index contributed by atoms with van der Waals surface area (Å²) in [6.07, 6.45) is 3.14. The minimum absolute atomic E-state index is 0.142. The lowest BCUT2D eigenvalue weighted by Gasteiger charge is -2.39. The van der Waals surface area contributed by atoms with Crippen molar-refractivity contribution in [3.05, 3.63) is 0 Å². The van der Waals surface area contributed by atoms with E-state index in [0.29, 0.717) is 12.8 Å². The highest BCUT2D eigenvalue weighted by Crippen LogP contribution is 2.56. The van der Waals surface area contributed by atoms with Gasteiger partial charge < -0.3 is 10.0 Å². The van der Waals surface area contributed by atoms with Gasteiger partial charge in [-0.1, -0.05) is 27.7 Å². The highest BCUT2D eigenvalue weighted by molar-refractivity contribution is 5.84. The molecule has 4 heteroatoms. The molecule has 1 fully saturated rings. The molecule has 20 heavy (non-hydrogen) atoms. The Hall–Kier alpha value is -1.06. The zero-order chi connectivity index (χ0) is 15.6.